The summed E-state index contributed by atoms with van der Waals surface area (Å²) in [5, 5.41) is 3.13. The highest BCUT2D eigenvalue weighted by molar-refractivity contribution is 5.96. The zero-order chi connectivity index (χ0) is 18.8. The van der Waals surface area contributed by atoms with Gasteiger partial charge in [-0.3, -0.25) is 9.69 Å². The number of halogens is 1. The molecule has 1 saturated heterocycles. The molecule has 0 spiro atoms. The molecule has 0 radical (unpaired) electrons. The molecule has 1 amide bonds. The van der Waals surface area contributed by atoms with Gasteiger partial charge in [0, 0.05) is 30.7 Å². The van der Waals surface area contributed by atoms with Gasteiger partial charge in [-0.2, -0.15) is 0 Å². The van der Waals surface area contributed by atoms with Gasteiger partial charge < -0.3 is 11.1 Å². The average molecular weight is 388 g/mol. The van der Waals surface area contributed by atoms with Gasteiger partial charge in [-0.25, -0.2) is 0 Å². The normalized spacial score (nSPS) is 20.8. The van der Waals surface area contributed by atoms with E-state index in [0.29, 0.717) is 0 Å². The van der Waals surface area contributed by atoms with Crippen molar-refractivity contribution < 1.29 is 4.79 Å². The fraction of sp³-hybridized carbons (Fsp3) is 0.409. The Bertz CT molecular complexity index is 770. The van der Waals surface area contributed by atoms with E-state index >= 15 is 0 Å². The molecule has 4 nitrogen and oxygen atoms in total. The monoisotopic (exact) mass is 387 g/mol. The SMILES string of the molecule is Cc1cc(C)c(NC(=O)C(C)N2C[C@@H](N)[C@H](c3ccccc3)C2)c(C)c1.Cl. The Balaban J connectivity index is 0.00000261. The number of amides is 1. The molecule has 3 rings (SSSR count). The summed E-state index contributed by atoms with van der Waals surface area (Å²) in [4.78, 5) is 15.0. The van der Waals surface area contributed by atoms with Gasteiger partial charge >= 0.3 is 0 Å². The third-order valence-electron chi connectivity index (χ3n) is 5.47. The van der Waals surface area contributed by atoms with Crippen LogP contribution in [0.1, 0.15) is 35.1 Å². The molecule has 3 N–H and O–H groups in total. The third kappa shape index (κ3) is 4.70. The van der Waals surface area contributed by atoms with E-state index in [0.717, 1.165) is 29.9 Å². The zero-order valence-electron chi connectivity index (χ0n) is 16.5. The number of rotatable bonds is 4. The molecule has 1 aliphatic heterocycles. The number of benzene rings is 2. The molecule has 5 heteroatoms. The lowest BCUT2D eigenvalue weighted by Crippen LogP contribution is -2.42. The van der Waals surface area contributed by atoms with Crippen molar-refractivity contribution in [1.82, 2.24) is 4.90 Å². The zero-order valence-corrected chi connectivity index (χ0v) is 17.3. The van der Waals surface area contributed by atoms with Crippen LogP contribution in [-0.2, 0) is 4.79 Å². The molecule has 0 aromatic heterocycles. The molecule has 0 bridgehead atoms. The quantitative estimate of drug-likeness (QED) is 0.839. The van der Waals surface area contributed by atoms with E-state index in [-0.39, 0.29) is 36.3 Å². The van der Waals surface area contributed by atoms with Crippen LogP contribution in [0.2, 0.25) is 0 Å². The summed E-state index contributed by atoms with van der Waals surface area (Å²) in [6.07, 6.45) is 0. The number of nitrogens with one attached hydrogen (secondary N) is 1. The first-order chi connectivity index (χ1) is 12.4. The number of hydrogen-bond donors (Lipinski definition) is 2. The van der Waals surface area contributed by atoms with Gasteiger partial charge in [-0.05, 0) is 44.4 Å². The van der Waals surface area contributed by atoms with E-state index in [1.807, 2.05) is 39.0 Å². The van der Waals surface area contributed by atoms with Crippen LogP contribution in [0.25, 0.3) is 0 Å². The maximum absolute atomic E-state index is 12.8. The van der Waals surface area contributed by atoms with Crippen LogP contribution in [0.5, 0.6) is 0 Å². The second kappa shape index (κ2) is 8.87. The summed E-state index contributed by atoms with van der Waals surface area (Å²) in [6, 6.07) is 14.4. The number of anilines is 1. The maximum Gasteiger partial charge on any atom is 0.241 e. The molecule has 2 aromatic carbocycles. The minimum atomic E-state index is -0.213. The molecule has 3 atom stereocenters. The summed E-state index contributed by atoms with van der Waals surface area (Å²) >= 11 is 0. The predicted octanol–water partition coefficient (Wildman–Crippen LogP) is 3.79. The van der Waals surface area contributed by atoms with Gasteiger partial charge in [0.25, 0.3) is 0 Å². The smallest absolute Gasteiger partial charge is 0.241 e. The van der Waals surface area contributed by atoms with E-state index in [1.165, 1.54) is 11.1 Å². The minimum Gasteiger partial charge on any atom is -0.326 e. The summed E-state index contributed by atoms with van der Waals surface area (Å²) < 4.78 is 0. The topological polar surface area (TPSA) is 58.4 Å². The predicted molar refractivity (Wildman–Crippen MR) is 115 cm³/mol. The molecule has 1 aliphatic rings. The fourth-order valence-corrected chi connectivity index (χ4v) is 4.00. The van der Waals surface area contributed by atoms with E-state index in [2.05, 4.69) is 41.4 Å². The first-order valence-electron chi connectivity index (χ1n) is 9.30. The van der Waals surface area contributed by atoms with Crippen LogP contribution in [0, 0.1) is 20.8 Å². The summed E-state index contributed by atoms with van der Waals surface area (Å²) in [5.74, 6) is 0.301. The number of aryl methyl sites for hydroxylation is 3. The van der Waals surface area contributed by atoms with E-state index in [9.17, 15) is 4.79 Å². The van der Waals surface area contributed by atoms with Crippen LogP contribution in [0.4, 0.5) is 5.69 Å². The van der Waals surface area contributed by atoms with Crippen molar-refractivity contribution >= 4 is 24.0 Å². The molecule has 1 fully saturated rings. The Labute approximate surface area is 168 Å². The summed E-state index contributed by atoms with van der Waals surface area (Å²) in [5.41, 5.74) is 12.0. The van der Waals surface area contributed by atoms with Crippen LogP contribution in [0.15, 0.2) is 42.5 Å². The van der Waals surface area contributed by atoms with Crippen molar-refractivity contribution in [2.75, 3.05) is 18.4 Å². The van der Waals surface area contributed by atoms with Crippen molar-refractivity contribution in [1.29, 1.82) is 0 Å². The molecule has 1 heterocycles. The van der Waals surface area contributed by atoms with Crippen LogP contribution in [0.3, 0.4) is 0 Å². The molecule has 1 unspecified atom stereocenters. The van der Waals surface area contributed by atoms with Gasteiger partial charge in [0.2, 0.25) is 5.91 Å². The highest BCUT2D eigenvalue weighted by atomic mass is 35.5. The van der Waals surface area contributed by atoms with Crippen LogP contribution in [-0.4, -0.2) is 36.0 Å². The van der Waals surface area contributed by atoms with Crippen molar-refractivity contribution in [2.24, 2.45) is 5.73 Å². The first kappa shape index (κ1) is 21.4. The van der Waals surface area contributed by atoms with Crippen LogP contribution < -0.4 is 11.1 Å². The second-order valence-electron chi connectivity index (χ2n) is 7.57. The molecule has 146 valence electrons. The maximum atomic E-state index is 12.8. The standard InChI is InChI=1S/C22H29N3O.ClH/c1-14-10-15(2)21(16(3)11-14)24-22(26)17(4)25-12-19(20(23)13-25)18-8-6-5-7-9-18;/h5-11,17,19-20H,12-13,23H2,1-4H3,(H,24,26);1H/t17?,19-,20+;/m0./s1. The Morgan fingerprint density at radius 1 is 1.11 bits per heavy atom. The fourth-order valence-electron chi connectivity index (χ4n) is 4.00. The third-order valence-corrected chi connectivity index (χ3v) is 5.47. The Hall–Kier alpha value is -1.88. The average Bonchev–Trinajstić information content (AvgIpc) is 2.99. The van der Waals surface area contributed by atoms with Crippen molar-refractivity contribution in [3.8, 4) is 0 Å². The molecular weight excluding hydrogens is 358 g/mol. The van der Waals surface area contributed by atoms with Crippen molar-refractivity contribution in [2.45, 2.75) is 45.7 Å². The van der Waals surface area contributed by atoms with Crippen LogP contribution >= 0.6 is 12.4 Å². The Kier molecular flexibility index (Phi) is 7.04. The first-order valence-corrected chi connectivity index (χ1v) is 9.30. The number of carbonyl (C=O) groups is 1. The molecular formula is C22H30ClN3O. The lowest BCUT2D eigenvalue weighted by Gasteiger charge is -2.24. The van der Waals surface area contributed by atoms with E-state index < -0.39 is 0 Å². The van der Waals surface area contributed by atoms with E-state index in [4.69, 9.17) is 5.73 Å². The largest absolute Gasteiger partial charge is 0.326 e. The van der Waals surface area contributed by atoms with Gasteiger partial charge in [0.05, 0.1) is 6.04 Å². The highest BCUT2D eigenvalue weighted by Crippen LogP contribution is 2.28. The Morgan fingerprint density at radius 2 is 1.70 bits per heavy atom. The number of nitrogens with zero attached hydrogens (tertiary/aromatic N) is 1. The van der Waals surface area contributed by atoms with Gasteiger partial charge in [0.15, 0.2) is 0 Å². The minimum absolute atomic E-state index is 0. The lowest BCUT2D eigenvalue weighted by molar-refractivity contribution is -0.120. The van der Waals surface area contributed by atoms with Gasteiger partial charge in [-0.1, -0.05) is 48.0 Å². The lowest BCUT2D eigenvalue weighted by atomic mass is 9.95. The Morgan fingerprint density at radius 3 is 2.30 bits per heavy atom. The van der Waals surface area contributed by atoms with Gasteiger partial charge in [0.1, 0.15) is 0 Å². The second-order valence-corrected chi connectivity index (χ2v) is 7.57. The molecule has 27 heavy (non-hydrogen) atoms. The van der Waals surface area contributed by atoms with E-state index in [1.54, 1.807) is 0 Å². The summed E-state index contributed by atoms with van der Waals surface area (Å²) in [7, 11) is 0. The van der Waals surface area contributed by atoms with Crippen molar-refractivity contribution in [3.63, 3.8) is 0 Å². The van der Waals surface area contributed by atoms with Gasteiger partial charge in [-0.15, -0.1) is 12.4 Å². The van der Waals surface area contributed by atoms with Crippen molar-refractivity contribution in [3.05, 3.63) is 64.7 Å². The molecule has 0 saturated carbocycles. The molecule has 2 aromatic rings. The highest BCUT2D eigenvalue weighted by Gasteiger charge is 2.35. The number of likely N-dealkylation sites (tertiary alicyclic amines) is 1. The number of hydrogen-bond acceptors (Lipinski definition) is 3. The summed E-state index contributed by atoms with van der Waals surface area (Å²) in [6.45, 7) is 9.67. The molecule has 0 aliphatic carbocycles. The number of nitrogens with two attached hydrogens (primary N) is 1. The number of carbonyl (C=O) groups excluding carboxylic acids is 1.